The van der Waals surface area contributed by atoms with E-state index in [9.17, 15) is 4.79 Å². The van der Waals surface area contributed by atoms with Gasteiger partial charge in [0.15, 0.2) is 5.78 Å². The summed E-state index contributed by atoms with van der Waals surface area (Å²) in [6.07, 6.45) is 2.16. The van der Waals surface area contributed by atoms with Crippen molar-refractivity contribution >= 4 is 27.6 Å². The molecule has 2 aromatic rings. The summed E-state index contributed by atoms with van der Waals surface area (Å²) in [4.78, 5) is 17.3. The molecule has 0 fully saturated rings. The summed E-state index contributed by atoms with van der Waals surface area (Å²) in [6.45, 7) is 5.89. The quantitative estimate of drug-likeness (QED) is 0.375. The first kappa shape index (κ1) is 20.7. The van der Waals surface area contributed by atoms with E-state index in [1.165, 1.54) is 5.56 Å². The van der Waals surface area contributed by atoms with Crippen molar-refractivity contribution in [3.63, 3.8) is 0 Å². The summed E-state index contributed by atoms with van der Waals surface area (Å²) in [6, 6.07) is 15.8. The highest BCUT2D eigenvalue weighted by molar-refractivity contribution is 9.10. The van der Waals surface area contributed by atoms with Crippen molar-refractivity contribution in [2.75, 3.05) is 13.2 Å². The molecule has 0 radical (unpaired) electrons. The third-order valence-electron chi connectivity index (χ3n) is 4.53. The van der Waals surface area contributed by atoms with E-state index in [-0.39, 0.29) is 11.3 Å². The zero-order chi connectivity index (χ0) is 20.0. The predicted molar refractivity (Wildman–Crippen MR) is 115 cm³/mol. The van der Waals surface area contributed by atoms with Gasteiger partial charge in [0.25, 0.3) is 0 Å². The molecule has 1 heterocycles. The van der Waals surface area contributed by atoms with Crippen LogP contribution in [0.3, 0.4) is 0 Å². The van der Waals surface area contributed by atoms with Gasteiger partial charge in [0, 0.05) is 28.6 Å². The molecule has 2 aromatic carbocycles. The largest absolute Gasteiger partial charge is 0.475 e. The van der Waals surface area contributed by atoms with Gasteiger partial charge in [-0.2, -0.15) is 0 Å². The second kappa shape index (κ2) is 9.48. The Labute approximate surface area is 175 Å². The maximum absolute atomic E-state index is 12.7. The van der Waals surface area contributed by atoms with Crippen molar-refractivity contribution in [2.45, 2.75) is 45.3 Å². The van der Waals surface area contributed by atoms with Crippen molar-refractivity contribution in [1.82, 2.24) is 0 Å². The van der Waals surface area contributed by atoms with Gasteiger partial charge in [-0.3, -0.25) is 4.79 Å². The Morgan fingerprint density at radius 1 is 1.18 bits per heavy atom. The molecule has 0 spiro atoms. The van der Waals surface area contributed by atoms with Gasteiger partial charge in [-0.05, 0) is 50.5 Å². The van der Waals surface area contributed by atoms with Gasteiger partial charge in [0.05, 0.1) is 12.1 Å². The summed E-state index contributed by atoms with van der Waals surface area (Å²) < 4.78 is 12.2. The highest BCUT2D eigenvalue weighted by Gasteiger charge is 2.27. The lowest BCUT2D eigenvalue weighted by Crippen LogP contribution is -2.17. The minimum absolute atomic E-state index is 0.120. The summed E-state index contributed by atoms with van der Waals surface area (Å²) in [5.41, 5.74) is 2.48. The van der Waals surface area contributed by atoms with Crippen LogP contribution < -0.4 is 0 Å². The average molecular weight is 444 g/mol. The van der Waals surface area contributed by atoms with Crippen LogP contribution in [-0.2, 0) is 16.1 Å². The van der Waals surface area contributed by atoms with E-state index in [1.807, 2.05) is 62.4 Å². The number of rotatable bonds is 9. The highest BCUT2D eigenvalue weighted by Crippen LogP contribution is 2.25. The van der Waals surface area contributed by atoms with Gasteiger partial charge in [-0.15, -0.1) is 0 Å². The topological polar surface area (TPSA) is 47.9 Å². The van der Waals surface area contributed by atoms with Gasteiger partial charge in [0.1, 0.15) is 6.61 Å². The number of ketones is 1. The molecule has 0 aromatic heterocycles. The smallest absolute Gasteiger partial charge is 0.216 e. The Balaban J connectivity index is 1.48. The molecule has 0 saturated heterocycles. The molecule has 0 N–H and O–H groups in total. The van der Waals surface area contributed by atoms with Crippen molar-refractivity contribution in [3.05, 3.63) is 69.7 Å². The molecule has 0 saturated carbocycles. The lowest BCUT2D eigenvalue weighted by Gasteiger charge is -2.08. The van der Waals surface area contributed by atoms with Crippen LogP contribution in [0.2, 0.25) is 0 Å². The Hall–Kier alpha value is -1.98. The molecule has 3 rings (SSSR count). The van der Waals surface area contributed by atoms with Crippen molar-refractivity contribution in [1.29, 1.82) is 0 Å². The Morgan fingerprint density at radius 2 is 1.96 bits per heavy atom. The standard InChI is InChI=1S/C23H26BrNO3/c1-23(2)16-28-22(25-23)18-11-12-20(24)19(14-18)21(26)10-6-7-13-27-15-17-8-4-3-5-9-17/h3-5,8-9,11-12,14H,6-7,10,13,15-16H2,1-2H3. The number of nitrogens with zero attached hydrogens (tertiary/aromatic N) is 1. The van der Waals surface area contributed by atoms with Crippen LogP contribution in [0.4, 0.5) is 0 Å². The minimum Gasteiger partial charge on any atom is -0.475 e. The molecular formula is C23H26BrNO3. The SMILES string of the molecule is CC1(C)COC(c2ccc(Br)c(C(=O)CCCCOCc3ccccc3)c2)=N1. The third kappa shape index (κ3) is 5.76. The maximum Gasteiger partial charge on any atom is 0.216 e. The first-order chi connectivity index (χ1) is 13.4. The lowest BCUT2D eigenvalue weighted by molar-refractivity contribution is 0.0958. The maximum atomic E-state index is 12.7. The molecule has 1 aliphatic rings. The Bertz CT molecular complexity index is 846. The van der Waals surface area contributed by atoms with E-state index in [1.54, 1.807) is 0 Å². The van der Waals surface area contributed by atoms with Gasteiger partial charge < -0.3 is 9.47 Å². The third-order valence-corrected chi connectivity index (χ3v) is 5.23. The molecule has 4 nitrogen and oxygen atoms in total. The summed E-state index contributed by atoms with van der Waals surface area (Å²) >= 11 is 3.50. The number of aliphatic imine (C=N–C) groups is 1. The first-order valence-corrected chi connectivity index (χ1v) is 10.4. The number of hydrogen-bond acceptors (Lipinski definition) is 4. The zero-order valence-electron chi connectivity index (χ0n) is 16.4. The monoisotopic (exact) mass is 443 g/mol. The van der Waals surface area contributed by atoms with Gasteiger partial charge in [-0.1, -0.05) is 46.3 Å². The molecule has 148 valence electrons. The van der Waals surface area contributed by atoms with Crippen molar-refractivity contribution < 1.29 is 14.3 Å². The van der Waals surface area contributed by atoms with Gasteiger partial charge >= 0.3 is 0 Å². The van der Waals surface area contributed by atoms with Gasteiger partial charge in [0.2, 0.25) is 5.90 Å². The van der Waals surface area contributed by atoms with Crippen LogP contribution in [0.1, 0.15) is 54.6 Å². The second-order valence-electron chi connectivity index (χ2n) is 7.63. The van der Waals surface area contributed by atoms with Gasteiger partial charge in [-0.25, -0.2) is 4.99 Å². The number of benzene rings is 2. The highest BCUT2D eigenvalue weighted by atomic mass is 79.9. The summed E-state index contributed by atoms with van der Waals surface area (Å²) in [5.74, 6) is 0.732. The zero-order valence-corrected chi connectivity index (χ0v) is 18.0. The fourth-order valence-electron chi connectivity index (χ4n) is 2.99. The first-order valence-electron chi connectivity index (χ1n) is 9.62. The number of halogens is 1. The van der Waals surface area contributed by atoms with Crippen LogP contribution in [0, 0.1) is 0 Å². The minimum atomic E-state index is -0.216. The summed E-state index contributed by atoms with van der Waals surface area (Å²) in [7, 11) is 0. The van der Waals surface area contributed by atoms with Crippen LogP contribution in [0.15, 0.2) is 58.0 Å². The molecule has 0 aliphatic carbocycles. The lowest BCUT2D eigenvalue weighted by atomic mass is 10.0. The number of hydrogen-bond donors (Lipinski definition) is 0. The molecule has 0 unspecified atom stereocenters. The number of ether oxygens (including phenoxy) is 2. The van der Waals surface area contributed by atoms with E-state index in [0.717, 1.165) is 22.9 Å². The van der Waals surface area contributed by atoms with Crippen molar-refractivity contribution in [3.8, 4) is 0 Å². The number of unbranched alkanes of at least 4 members (excludes halogenated alkanes) is 1. The number of carbonyl (C=O) groups excluding carboxylic acids is 1. The van der Waals surface area contributed by atoms with E-state index >= 15 is 0 Å². The number of carbonyl (C=O) groups is 1. The molecule has 0 amide bonds. The van der Waals surface area contributed by atoms with E-state index in [2.05, 4.69) is 20.9 Å². The van der Waals surface area contributed by atoms with E-state index < -0.39 is 0 Å². The van der Waals surface area contributed by atoms with E-state index in [0.29, 0.717) is 37.7 Å². The van der Waals surface area contributed by atoms with Crippen LogP contribution in [0.25, 0.3) is 0 Å². The normalized spacial score (nSPS) is 15.2. The molecule has 5 heteroatoms. The van der Waals surface area contributed by atoms with Crippen LogP contribution in [-0.4, -0.2) is 30.4 Å². The van der Waals surface area contributed by atoms with Crippen molar-refractivity contribution in [2.24, 2.45) is 4.99 Å². The van der Waals surface area contributed by atoms with Crippen LogP contribution >= 0.6 is 15.9 Å². The second-order valence-corrected chi connectivity index (χ2v) is 8.49. The molecule has 0 atom stereocenters. The predicted octanol–water partition coefficient (Wildman–Crippen LogP) is 5.57. The molecule has 28 heavy (non-hydrogen) atoms. The Morgan fingerprint density at radius 3 is 2.68 bits per heavy atom. The molecule has 0 bridgehead atoms. The number of Topliss-reactive ketones (excluding diaryl/α,β-unsaturated/α-hetero) is 1. The fourth-order valence-corrected chi connectivity index (χ4v) is 3.46. The summed E-state index contributed by atoms with van der Waals surface area (Å²) in [5, 5.41) is 0. The Kier molecular flexibility index (Phi) is 7.03. The molecular weight excluding hydrogens is 418 g/mol. The average Bonchev–Trinajstić information content (AvgIpc) is 3.05. The van der Waals surface area contributed by atoms with E-state index in [4.69, 9.17) is 9.47 Å². The fraction of sp³-hybridized carbons (Fsp3) is 0.391. The van der Waals surface area contributed by atoms with Crippen LogP contribution in [0.5, 0.6) is 0 Å². The molecule has 1 aliphatic heterocycles.